The number of hydrogen-bond donors (Lipinski definition) is 1. The molecule has 0 bridgehead atoms. The van der Waals surface area contributed by atoms with Crippen LogP contribution in [0.4, 0.5) is 0 Å². The van der Waals surface area contributed by atoms with Crippen molar-refractivity contribution >= 4 is 5.97 Å². The lowest BCUT2D eigenvalue weighted by Crippen LogP contribution is -2.50. The highest BCUT2D eigenvalue weighted by Gasteiger charge is 2.30. The van der Waals surface area contributed by atoms with Crippen LogP contribution in [-0.4, -0.2) is 31.3 Å². The molecule has 0 spiro atoms. The summed E-state index contributed by atoms with van der Waals surface area (Å²) in [5.74, 6) is 0.162. The number of esters is 1. The monoisotopic (exact) mass is 259 g/mol. The van der Waals surface area contributed by atoms with Crippen LogP contribution in [0.1, 0.15) is 53.4 Å². The molecule has 2 atom stereocenters. The van der Waals surface area contributed by atoms with E-state index in [1.54, 1.807) is 13.8 Å². The van der Waals surface area contributed by atoms with Crippen molar-refractivity contribution in [3.05, 3.63) is 0 Å². The van der Waals surface area contributed by atoms with E-state index in [-0.39, 0.29) is 6.61 Å². The topological polar surface area (TPSA) is 61.5 Å². The van der Waals surface area contributed by atoms with Gasteiger partial charge in [0.05, 0.1) is 13.2 Å². The first kappa shape index (κ1) is 17.4. The Morgan fingerprint density at radius 1 is 1.33 bits per heavy atom. The van der Waals surface area contributed by atoms with Gasteiger partial charge in [0.25, 0.3) is 0 Å². The third-order valence-corrected chi connectivity index (χ3v) is 3.04. The van der Waals surface area contributed by atoms with Gasteiger partial charge in [-0.05, 0) is 26.2 Å². The third-order valence-electron chi connectivity index (χ3n) is 3.04. The average Bonchev–Trinajstić information content (AvgIpc) is 2.33. The van der Waals surface area contributed by atoms with Gasteiger partial charge in [0.1, 0.15) is 5.54 Å². The fraction of sp³-hybridized carbons (Fsp3) is 0.929. The van der Waals surface area contributed by atoms with Crippen molar-refractivity contribution in [1.29, 1.82) is 0 Å². The first-order valence-electron chi connectivity index (χ1n) is 7.01. The summed E-state index contributed by atoms with van der Waals surface area (Å²) < 4.78 is 10.5. The first-order chi connectivity index (χ1) is 8.47. The Morgan fingerprint density at radius 2 is 2.00 bits per heavy atom. The molecule has 4 heteroatoms. The molecule has 0 aliphatic rings. The number of hydrogen-bond acceptors (Lipinski definition) is 4. The Hall–Kier alpha value is -0.610. The highest BCUT2D eigenvalue weighted by molar-refractivity contribution is 5.80. The molecule has 108 valence electrons. The maximum Gasteiger partial charge on any atom is 0.328 e. The number of rotatable bonds is 10. The van der Waals surface area contributed by atoms with E-state index in [2.05, 4.69) is 13.8 Å². The van der Waals surface area contributed by atoms with Crippen LogP contribution in [0.25, 0.3) is 0 Å². The molecule has 2 N–H and O–H groups in total. The number of carbonyl (C=O) groups excluding carboxylic acids is 1. The highest BCUT2D eigenvalue weighted by atomic mass is 16.5. The van der Waals surface area contributed by atoms with Gasteiger partial charge in [-0.1, -0.05) is 33.1 Å². The van der Waals surface area contributed by atoms with Crippen LogP contribution in [0.5, 0.6) is 0 Å². The molecule has 0 saturated carbocycles. The van der Waals surface area contributed by atoms with Crippen molar-refractivity contribution < 1.29 is 14.3 Å². The van der Waals surface area contributed by atoms with Crippen LogP contribution in [0.15, 0.2) is 0 Å². The summed E-state index contributed by atoms with van der Waals surface area (Å²) >= 11 is 0. The number of ether oxygens (including phenoxy) is 2. The molecule has 0 radical (unpaired) electrons. The van der Waals surface area contributed by atoms with Gasteiger partial charge in [0.2, 0.25) is 0 Å². The molecule has 0 fully saturated rings. The van der Waals surface area contributed by atoms with E-state index in [4.69, 9.17) is 15.2 Å². The highest BCUT2D eigenvalue weighted by Crippen LogP contribution is 2.14. The summed E-state index contributed by atoms with van der Waals surface area (Å²) in [6, 6.07) is 0. The molecule has 0 amide bonds. The van der Waals surface area contributed by atoms with Crippen LogP contribution in [0.2, 0.25) is 0 Å². The van der Waals surface area contributed by atoms with Crippen molar-refractivity contribution in [3.8, 4) is 0 Å². The van der Waals surface area contributed by atoms with Crippen molar-refractivity contribution in [2.75, 3.05) is 19.8 Å². The SMILES string of the molecule is CCCCC(CC)COCC(C)(N)C(=O)OCC. The van der Waals surface area contributed by atoms with E-state index < -0.39 is 11.5 Å². The summed E-state index contributed by atoms with van der Waals surface area (Å²) in [5.41, 5.74) is 4.83. The second kappa shape index (κ2) is 9.34. The lowest BCUT2D eigenvalue weighted by Gasteiger charge is -2.23. The van der Waals surface area contributed by atoms with Crippen LogP contribution < -0.4 is 5.73 Å². The average molecular weight is 259 g/mol. The largest absolute Gasteiger partial charge is 0.465 e. The second-order valence-corrected chi connectivity index (χ2v) is 5.07. The Labute approximate surface area is 111 Å². The van der Waals surface area contributed by atoms with Crippen LogP contribution in [0.3, 0.4) is 0 Å². The van der Waals surface area contributed by atoms with Gasteiger partial charge in [-0.2, -0.15) is 0 Å². The molecule has 0 aromatic heterocycles. The lowest BCUT2D eigenvalue weighted by atomic mass is 10.0. The summed E-state index contributed by atoms with van der Waals surface area (Å²) in [7, 11) is 0. The van der Waals surface area contributed by atoms with Gasteiger partial charge >= 0.3 is 5.97 Å². The van der Waals surface area contributed by atoms with Gasteiger partial charge in [-0.3, -0.25) is 0 Å². The molecule has 0 aliphatic carbocycles. The number of unbranched alkanes of at least 4 members (excludes halogenated alkanes) is 1. The van der Waals surface area contributed by atoms with Gasteiger partial charge in [0, 0.05) is 6.61 Å². The quantitative estimate of drug-likeness (QED) is 0.612. The molecule has 0 heterocycles. The Morgan fingerprint density at radius 3 is 2.50 bits per heavy atom. The molecule has 0 aromatic carbocycles. The van der Waals surface area contributed by atoms with Crippen LogP contribution in [0, 0.1) is 5.92 Å². The predicted molar refractivity (Wildman–Crippen MR) is 73.4 cm³/mol. The van der Waals surface area contributed by atoms with Gasteiger partial charge < -0.3 is 15.2 Å². The number of nitrogens with two attached hydrogens (primary N) is 1. The summed E-state index contributed by atoms with van der Waals surface area (Å²) in [6.07, 6.45) is 4.70. The molecule has 0 saturated heterocycles. The third kappa shape index (κ3) is 6.97. The molecule has 18 heavy (non-hydrogen) atoms. The molecule has 2 unspecified atom stereocenters. The van der Waals surface area contributed by atoms with E-state index in [1.165, 1.54) is 19.3 Å². The van der Waals surface area contributed by atoms with Crippen LogP contribution in [-0.2, 0) is 14.3 Å². The predicted octanol–water partition coefficient (Wildman–Crippen LogP) is 2.50. The van der Waals surface area contributed by atoms with Crippen LogP contribution >= 0.6 is 0 Å². The van der Waals surface area contributed by atoms with Crippen molar-refractivity contribution in [2.24, 2.45) is 11.7 Å². The van der Waals surface area contributed by atoms with Crippen molar-refractivity contribution in [3.63, 3.8) is 0 Å². The van der Waals surface area contributed by atoms with Gasteiger partial charge in [-0.15, -0.1) is 0 Å². The van der Waals surface area contributed by atoms with E-state index >= 15 is 0 Å². The summed E-state index contributed by atoms with van der Waals surface area (Å²) in [6.45, 7) is 9.00. The van der Waals surface area contributed by atoms with E-state index in [9.17, 15) is 4.79 Å². The Bertz CT molecular complexity index is 229. The zero-order valence-electron chi connectivity index (χ0n) is 12.3. The Kier molecular flexibility index (Phi) is 9.02. The molecular formula is C14H29NO3. The smallest absolute Gasteiger partial charge is 0.328 e. The van der Waals surface area contributed by atoms with E-state index in [0.717, 1.165) is 6.42 Å². The second-order valence-electron chi connectivity index (χ2n) is 5.07. The first-order valence-corrected chi connectivity index (χ1v) is 7.01. The normalized spacial score (nSPS) is 16.1. The van der Waals surface area contributed by atoms with Gasteiger partial charge in [0.15, 0.2) is 0 Å². The summed E-state index contributed by atoms with van der Waals surface area (Å²) in [4.78, 5) is 11.6. The number of carbonyl (C=O) groups is 1. The fourth-order valence-electron chi connectivity index (χ4n) is 1.69. The molecule has 0 rings (SSSR count). The zero-order chi connectivity index (χ0) is 14.0. The minimum atomic E-state index is -1.04. The maximum atomic E-state index is 11.6. The van der Waals surface area contributed by atoms with Crippen molar-refractivity contribution in [1.82, 2.24) is 0 Å². The van der Waals surface area contributed by atoms with E-state index in [0.29, 0.717) is 19.1 Å². The fourth-order valence-corrected chi connectivity index (χ4v) is 1.69. The molecule has 4 nitrogen and oxygen atoms in total. The molecular weight excluding hydrogens is 230 g/mol. The minimum absolute atomic E-state index is 0.217. The maximum absolute atomic E-state index is 11.6. The molecule has 0 aromatic rings. The van der Waals surface area contributed by atoms with Crippen molar-refractivity contribution in [2.45, 2.75) is 58.9 Å². The zero-order valence-corrected chi connectivity index (χ0v) is 12.3. The lowest BCUT2D eigenvalue weighted by molar-refractivity contribution is -0.151. The Balaban J connectivity index is 3.96. The minimum Gasteiger partial charge on any atom is -0.465 e. The molecule has 0 aliphatic heterocycles. The van der Waals surface area contributed by atoms with Gasteiger partial charge in [-0.25, -0.2) is 4.79 Å². The standard InChI is InChI=1S/C14H29NO3/c1-5-8-9-12(6-2)10-17-11-14(4,15)13(16)18-7-3/h12H,5-11,15H2,1-4H3. The summed E-state index contributed by atoms with van der Waals surface area (Å²) in [5, 5.41) is 0. The van der Waals surface area contributed by atoms with E-state index in [1.807, 2.05) is 0 Å².